The second-order valence-corrected chi connectivity index (χ2v) is 17.6. The third-order valence-corrected chi connectivity index (χ3v) is 14.9. The normalized spacial score (nSPS) is 51.2. The smallest absolute Gasteiger partial charge is 0.315 e. The summed E-state index contributed by atoms with van der Waals surface area (Å²) in [6.45, 7) is 15.8. The highest BCUT2D eigenvalue weighted by Crippen LogP contribution is 2.75. The molecule has 1 aliphatic heterocycles. The molecule has 6 aliphatic rings. The van der Waals surface area contributed by atoms with Crippen molar-refractivity contribution in [3.05, 3.63) is 11.6 Å². The largest absolute Gasteiger partial charge is 0.432 e. The maximum absolute atomic E-state index is 14.4. The number of fused-ring (bicyclic) bond motifs is 7. The van der Waals surface area contributed by atoms with Crippen LogP contribution < -0.4 is 0 Å². The Balaban J connectivity index is 1.35. The topological polar surface area (TPSA) is 134 Å². The summed E-state index contributed by atoms with van der Waals surface area (Å²) in [5.74, 6) is 0.806. The van der Waals surface area contributed by atoms with E-state index in [1.165, 1.54) is 5.57 Å². The molecule has 1 saturated heterocycles. The van der Waals surface area contributed by atoms with Crippen molar-refractivity contribution < 1.29 is 39.5 Å². The van der Waals surface area contributed by atoms with Gasteiger partial charge in [0.25, 0.3) is 0 Å². The van der Waals surface area contributed by atoms with Crippen molar-refractivity contribution in [3.8, 4) is 0 Å². The molecule has 248 valence electrons. The number of hydrogen-bond donors (Lipinski definition) is 4. The van der Waals surface area contributed by atoms with Gasteiger partial charge in [-0.1, -0.05) is 60.1 Å². The Morgan fingerprint density at radius 3 is 2.27 bits per heavy atom. The molecule has 12 atom stereocenters. The third kappa shape index (κ3) is 4.33. The molecule has 8 nitrogen and oxygen atoms in total. The van der Waals surface area contributed by atoms with E-state index in [-0.39, 0.29) is 33.0 Å². The van der Waals surface area contributed by atoms with Gasteiger partial charge in [-0.05, 0) is 97.2 Å². The second-order valence-electron chi connectivity index (χ2n) is 17.6. The molecule has 0 spiro atoms. The number of carbonyl (C=O) groups excluding carboxylic acids is 2. The van der Waals surface area contributed by atoms with Gasteiger partial charge in [0.15, 0.2) is 0 Å². The number of carbonyl (C=O) groups is 2. The van der Waals surface area contributed by atoms with Gasteiger partial charge in [-0.15, -0.1) is 0 Å². The van der Waals surface area contributed by atoms with Gasteiger partial charge in [-0.2, -0.15) is 0 Å². The summed E-state index contributed by atoms with van der Waals surface area (Å²) in [6.07, 6.45) is 3.77. The predicted octanol–water partition coefficient (Wildman–Crippen LogP) is 4.70. The van der Waals surface area contributed by atoms with Crippen molar-refractivity contribution in [2.24, 2.45) is 50.2 Å². The number of allylic oxidation sites excluding steroid dienone is 2. The zero-order valence-electron chi connectivity index (χ0n) is 27.9. The first-order chi connectivity index (χ1) is 20.4. The van der Waals surface area contributed by atoms with Gasteiger partial charge < -0.3 is 29.9 Å². The molecule has 0 bridgehead atoms. The van der Waals surface area contributed by atoms with Crippen LogP contribution in [0.4, 0.5) is 0 Å². The summed E-state index contributed by atoms with van der Waals surface area (Å²) in [7, 11) is 0. The summed E-state index contributed by atoms with van der Waals surface area (Å²) < 4.78 is 11.6. The van der Waals surface area contributed by atoms with Crippen LogP contribution in [-0.4, -0.2) is 69.5 Å². The standard InChI is InChI=1S/C36H56O8/c1-31(2)14-16-36(30(42)44-29-28(41)27(40)26(39)22(19-37)43-29)17-15-34(6)20(21(36)18-31)8-9-24-33(5)12-11-25(38)32(3,4)23(33)10-13-35(24,34)7/h8,21-24,26-29,37,39-41H,9-19H2,1-7H3/t21-,22+,23?,24?,26+,27-,28+,29-,33-,34+,35+,36-/m0/s1. The fourth-order valence-corrected chi connectivity index (χ4v) is 11.8. The second kappa shape index (κ2) is 10.3. The van der Waals surface area contributed by atoms with E-state index in [4.69, 9.17) is 9.47 Å². The fourth-order valence-electron chi connectivity index (χ4n) is 11.8. The molecule has 0 aromatic carbocycles. The molecule has 5 aliphatic carbocycles. The van der Waals surface area contributed by atoms with Crippen LogP contribution in [0.3, 0.4) is 0 Å². The molecule has 0 amide bonds. The Morgan fingerprint density at radius 2 is 1.59 bits per heavy atom. The van der Waals surface area contributed by atoms with Crippen molar-refractivity contribution in [1.82, 2.24) is 0 Å². The first-order valence-electron chi connectivity index (χ1n) is 17.1. The SMILES string of the molecule is CC1(C)CC[C@]2(C(=O)O[C@@H]3O[C@H](CO)[C@@H](O)[C@H](O)[C@H]3O)CC[C@]3(C)C(=CCC4[C@@]5(C)CCC(=O)C(C)(C)C5CC[C@]43C)[C@@H]2C1. The van der Waals surface area contributed by atoms with Crippen molar-refractivity contribution >= 4 is 11.8 Å². The minimum absolute atomic E-state index is 0.0185. The van der Waals surface area contributed by atoms with E-state index in [0.717, 1.165) is 44.9 Å². The van der Waals surface area contributed by atoms with Crippen LogP contribution in [0.15, 0.2) is 11.6 Å². The molecule has 5 fully saturated rings. The minimum atomic E-state index is -1.61. The molecule has 6 rings (SSSR count). The van der Waals surface area contributed by atoms with Crippen LogP contribution in [0.1, 0.15) is 113 Å². The van der Waals surface area contributed by atoms with Gasteiger partial charge in [0, 0.05) is 11.8 Å². The highest BCUT2D eigenvalue weighted by Gasteiger charge is 2.69. The molecule has 4 saturated carbocycles. The number of ether oxygens (including phenoxy) is 2. The predicted molar refractivity (Wildman–Crippen MR) is 164 cm³/mol. The number of esters is 1. The van der Waals surface area contributed by atoms with E-state index in [2.05, 4.69) is 54.5 Å². The van der Waals surface area contributed by atoms with Crippen LogP contribution in [-0.2, 0) is 19.1 Å². The minimum Gasteiger partial charge on any atom is -0.432 e. The lowest BCUT2D eigenvalue weighted by atomic mass is 9.33. The van der Waals surface area contributed by atoms with Crippen LogP contribution in [0, 0.1) is 50.2 Å². The first-order valence-corrected chi connectivity index (χ1v) is 17.1. The van der Waals surface area contributed by atoms with Gasteiger partial charge >= 0.3 is 5.97 Å². The van der Waals surface area contributed by atoms with Gasteiger partial charge in [0.1, 0.15) is 30.2 Å². The van der Waals surface area contributed by atoms with E-state index in [0.29, 0.717) is 36.9 Å². The Hall–Kier alpha value is -1.32. The average Bonchev–Trinajstić information content (AvgIpc) is 2.95. The third-order valence-electron chi connectivity index (χ3n) is 14.9. The number of ketones is 1. The van der Waals surface area contributed by atoms with Crippen LogP contribution in [0.25, 0.3) is 0 Å². The summed E-state index contributed by atoms with van der Waals surface area (Å²) in [4.78, 5) is 27.4. The summed E-state index contributed by atoms with van der Waals surface area (Å²) >= 11 is 0. The zero-order chi connectivity index (χ0) is 32.3. The molecular formula is C36H56O8. The van der Waals surface area contributed by atoms with Gasteiger partial charge in [-0.3, -0.25) is 9.59 Å². The van der Waals surface area contributed by atoms with Crippen LogP contribution >= 0.6 is 0 Å². The van der Waals surface area contributed by atoms with Gasteiger partial charge in [0.05, 0.1) is 12.0 Å². The highest BCUT2D eigenvalue weighted by atomic mass is 16.7. The maximum atomic E-state index is 14.4. The average molecular weight is 617 g/mol. The number of hydrogen-bond acceptors (Lipinski definition) is 8. The van der Waals surface area contributed by atoms with E-state index < -0.39 is 48.7 Å². The lowest BCUT2D eigenvalue weighted by Gasteiger charge is -2.70. The maximum Gasteiger partial charge on any atom is 0.315 e. The molecule has 44 heavy (non-hydrogen) atoms. The lowest BCUT2D eigenvalue weighted by Crippen LogP contribution is -2.65. The Morgan fingerprint density at radius 1 is 0.909 bits per heavy atom. The van der Waals surface area contributed by atoms with Crippen molar-refractivity contribution in [2.45, 2.75) is 143 Å². The number of aliphatic hydroxyl groups is 4. The van der Waals surface area contributed by atoms with Gasteiger partial charge in [-0.25, -0.2) is 0 Å². The molecule has 2 unspecified atom stereocenters. The van der Waals surface area contributed by atoms with Crippen molar-refractivity contribution in [2.75, 3.05) is 6.61 Å². The molecule has 0 aromatic heterocycles. The van der Waals surface area contributed by atoms with Crippen molar-refractivity contribution in [3.63, 3.8) is 0 Å². The Labute approximate surface area is 263 Å². The fraction of sp³-hybridized carbons (Fsp3) is 0.889. The number of rotatable bonds is 3. The van der Waals surface area contributed by atoms with Crippen LogP contribution in [0.5, 0.6) is 0 Å². The molecule has 4 N–H and O–H groups in total. The number of Topliss-reactive ketones (excluding diaryl/α,β-unsaturated/α-hetero) is 1. The summed E-state index contributed by atoms with van der Waals surface area (Å²) in [6, 6.07) is 0. The molecule has 8 heteroatoms. The highest BCUT2D eigenvalue weighted by molar-refractivity contribution is 5.85. The summed E-state index contributed by atoms with van der Waals surface area (Å²) in [5, 5.41) is 41.0. The van der Waals surface area contributed by atoms with Crippen molar-refractivity contribution in [1.29, 1.82) is 0 Å². The van der Waals surface area contributed by atoms with Gasteiger partial charge in [0.2, 0.25) is 6.29 Å². The quantitative estimate of drug-likeness (QED) is 0.265. The molecular weight excluding hydrogens is 560 g/mol. The first kappa shape index (κ1) is 32.6. The molecule has 0 aromatic rings. The Bertz CT molecular complexity index is 1220. The monoisotopic (exact) mass is 616 g/mol. The van der Waals surface area contributed by atoms with E-state index >= 15 is 0 Å². The van der Waals surface area contributed by atoms with E-state index in [1.807, 2.05) is 0 Å². The summed E-state index contributed by atoms with van der Waals surface area (Å²) in [5.41, 5.74) is 0.373. The van der Waals surface area contributed by atoms with E-state index in [1.54, 1.807) is 0 Å². The Kier molecular flexibility index (Phi) is 7.66. The number of aliphatic hydroxyl groups excluding tert-OH is 4. The lowest BCUT2D eigenvalue weighted by molar-refractivity contribution is -0.297. The van der Waals surface area contributed by atoms with E-state index in [9.17, 15) is 30.0 Å². The molecule has 1 heterocycles. The van der Waals surface area contributed by atoms with Crippen LogP contribution in [0.2, 0.25) is 0 Å². The molecule has 0 radical (unpaired) electrons. The zero-order valence-corrected chi connectivity index (χ0v) is 27.9.